The van der Waals surface area contributed by atoms with E-state index in [4.69, 9.17) is 4.74 Å². The minimum Gasteiger partial charge on any atom is -0.393 e. The molecule has 0 unspecified atom stereocenters. The van der Waals surface area contributed by atoms with Crippen LogP contribution < -0.4 is 9.80 Å². The predicted molar refractivity (Wildman–Crippen MR) is 72.5 cm³/mol. The summed E-state index contributed by atoms with van der Waals surface area (Å²) in [5, 5.41) is 9.55. The van der Waals surface area contributed by atoms with E-state index in [9.17, 15) is 5.11 Å². The van der Waals surface area contributed by atoms with E-state index >= 15 is 0 Å². The van der Waals surface area contributed by atoms with Gasteiger partial charge in [0.05, 0.1) is 19.3 Å². The first-order valence-electron chi connectivity index (χ1n) is 6.92. The van der Waals surface area contributed by atoms with Crippen LogP contribution in [0.1, 0.15) is 12.8 Å². The van der Waals surface area contributed by atoms with Crippen LogP contribution in [0.3, 0.4) is 0 Å². The average Bonchev–Trinajstić information content (AvgIpc) is 2.49. The van der Waals surface area contributed by atoms with E-state index in [2.05, 4.69) is 19.8 Å². The molecule has 6 nitrogen and oxygen atoms in total. The number of piperidine rings is 1. The molecule has 3 heterocycles. The van der Waals surface area contributed by atoms with Gasteiger partial charge in [-0.05, 0) is 18.9 Å². The lowest BCUT2D eigenvalue weighted by molar-refractivity contribution is 0.122. The van der Waals surface area contributed by atoms with Crippen LogP contribution in [0.4, 0.5) is 11.8 Å². The van der Waals surface area contributed by atoms with Gasteiger partial charge in [0.15, 0.2) is 0 Å². The first-order valence-corrected chi connectivity index (χ1v) is 6.92. The molecular weight excluding hydrogens is 244 g/mol. The summed E-state index contributed by atoms with van der Waals surface area (Å²) in [6, 6.07) is 1.95. The Labute approximate surface area is 113 Å². The van der Waals surface area contributed by atoms with Gasteiger partial charge in [-0.1, -0.05) is 0 Å². The first kappa shape index (κ1) is 12.6. The van der Waals surface area contributed by atoms with Crippen molar-refractivity contribution in [2.75, 3.05) is 49.2 Å². The number of aliphatic hydroxyl groups excluding tert-OH is 1. The quantitative estimate of drug-likeness (QED) is 0.827. The molecule has 104 valence electrons. The molecule has 2 aliphatic heterocycles. The minimum absolute atomic E-state index is 0.156. The van der Waals surface area contributed by atoms with E-state index in [-0.39, 0.29) is 6.10 Å². The second-order valence-electron chi connectivity index (χ2n) is 5.03. The highest BCUT2D eigenvalue weighted by atomic mass is 16.5. The van der Waals surface area contributed by atoms with Crippen molar-refractivity contribution >= 4 is 11.8 Å². The van der Waals surface area contributed by atoms with Crippen molar-refractivity contribution < 1.29 is 9.84 Å². The lowest BCUT2D eigenvalue weighted by Crippen LogP contribution is -2.39. The summed E-state index contributed by atoms with van der Waals surface area (Å²) in [7, 11) is 0. The van der Waals surface area contributed by atoms with Crippen molar-refractivity contribution in [3.8, 4) is 0 Å². The lowest BCUT2D eigenvalue weighted by atomic mass is 10.1. The number of hydrogen-bond acceptors (Lipinski definition) is 6. The topological polar surface area (TPSA) is 61.7 Å². The van der Waals surface area contributed by atoms with Crippen LogP contribution in [0.2, 0.25) is 0 Å². The number of nitrogens with zero attached hydrogens (tertiary/aromatic N) is 4. The average molecular weight is 264 g/mol. The van der Waals surface area contributed by atoms with Gasteiger partial charge in [-0.3, -0.25) is 0 Å². The summed E-state index contributed by atoms with van der Waals surface area (Å²) >= 11 is 0. The SMILES string of the molecule is OC1CCN(c2ccnc(N3CCOCC3)n2)CC1. The lowest BCUT2D eigenvalue weighted by Gasteiger charge is -2.32. The smallest absolute Gasteiger partial charge is 0.227 e. The zero-order valence-corrected chi connectivity index (χ0v) is 11.0. The fourth-order valence-electron chi connectivity index (χ4n) is 2.53. The highest BCUT2D eigenvalue weighted by Crippen LogP contribution is 2.20. The van der Waals surface area contributed by atoms with Crippen molar-refractivity contribution in [1.82, 2.24) is 9.97 Å². The zero-order valence-electron chi connectivity index (χ0n) is 11.0. The fraction of sp³-hybridized carbons (Fsp3) is 0.692. The van der Waals surface area contributed by atoms with Crippen molar-refractivity contribution in [3.05, 3.63) is 12.3 Å². The summed E-state index contributed by atoms with van der Waals surface area (Å²) in [6.07, 6.45) is 3.29. The molecule has 2 saturated heterocycles. The Hall–Kier alpha value is -1.40. The number of hydrogen-bond donors (Lipinski definition) is 1. The van der Waals surface area contributed by atoms with Crippen molar-refractivity contribution in [3.63, 3.8) is 0 Å². The molecule has 0 amide bonds. The summed E-state index contributed by atoms with van der Waals surface area (Å²) in [5.41, 5.74) is 0. The van der Waals surface area contributed by atoms with Gasteiger partial charge in [-0.2, -0.15) is 4.98 Å². The van der Waals surface area contributed by atoms with E-state index in [1.54, 1.807) is 0 Å². The Kier molecular flexibility index (Phi) is 3.79. The largest absolute Gasteiger partial charge is 0.393 e. The van der Waals surface area contributed by atoms with E-state index in [1.807, 2.05) is 12.3 Å². The molecule has 0 bridgehead atoms. The van der Waals surface area contributed by atoms with Gasteiger partial charge in [0.2, 0.25) is 5.95 Å². The standard InChI is InChI=1S/C13H20N4O2/c18-11-2-5-16(6-3-11)12-1-4-14-13(15-12)17-7-9-19-10-8-17/h1,4,11,18H,2-3,5-10H2. The summed E-state index contributed by atoms with van der Waals surface area (Å²) in [4.78, 5) is 13.4. The minimum atomic E-state index is -0.156. The highest BCUT2D eigenvalue weighted by molar-refractivity contribution is 5.44. The number of ether oxygens (including phenoxy) is 1. The number of aromatic nitrogens is 2. The molecule has 0 saturated carbocycles. The molecule has 0 atom stereocenters. The maximum atomic E-state index is 9.55. The van der Waals surface area contributed by atoms with Gasteiger partial charge in [-0.15, -0.1) is 0 Å². The molecule has 0 radical (unpaired) electrons. The third-order valence-corrected chi connectivity index (χ3v) is 3.71. The van der Waals surface area contributed by atoms with Crippen molar-refractivity contribution in [2.45, 2.75) is 18.9 Å². The van der Waals surface area contributed by atoms with Crippen LogP contribution in [-0.2, 0) is 4.74 Å². The molecule has 0 aromatic carbocycles. The molecular formula is C13H20N4O2. The highest BCUT2D eigenvalue weighted by Gasteiger charge is 2.20. The van der Waals surface area contributed by atoms with Crippen LogP contribution in [0, 0.1) is 0 Å². The maximum Gasteiger partial charge on any atom is 0.227 e. The molecule has 1 aromatic rings. The molecule has 0 spiro atoms. The van der Waals surface area contributed by atoms with Crippen LogP contribution in [0.25, 0.3) is 0 Å². The van der Waals surface area contributed by atoms with E-state index in [1.165, 1.54) is 0 Å². The molecule has 0 aliphatic carbocycles. The van der Waals surface area contributed by atoms with Gasteiger partial charge < -0.3 is 19.6 Å². The van der Waals surface area contributed by atoms with Crippen LogP contribution >= 0.6 is 0 Å². The van der Waals surface area contributed by atoms with E-state index in [0.717, 1.165) is 64.0 Å². The molecule has 2 fully saturated rings. The molecule has 1 N–H and O–H groups in total. The fourth-order valence-corrected chi connectivity index (χ4v) is 2.53. The third kappa shape index (κ3) is 2.96. The zero-order chi connectivity index (χ0) is 13.1. The monoisotopic (exact) mass is 264 g/mol. The van der Waals surface area contributed by atoms with Gasteiger partial charge in [0.25, 0.3) is 0 Å². The second-order valence-corrected chi connectivity index (χ2v) is 5.03. The Morgan fingerprint density at radius 3 is 2.58 bits per heavy atom. The molecule has 1 aromatic heterocycles. The number of aliphatic hydroxyl groups is 1. The van der Waals surface area contributed by atoms with Gasteiger partial charge in [0.1, 0.15) is 5.82 Å². The molecule has 3 rings (SSSR count). The predicted octanol–water partition coefficient (Wildman–Crippen LogP) is 0.274. The number of rotatable bonds is 2. The van der Waals surface area contributed by atoms with Crippen LogP contribution in [0.5, 0.6) is 0 Å². The number of anilines is 2. The number of morpholine rings is 1. The van der Waals surface area contributed by atoms with Gasteiger partial charge in [0, 0.05) is 32.4 Å². The molecule has 6 heteroatoms. The maximum absolute atomic E-state index is 9.55. The molecule has 2 aliphatic rings. The summed E-state index contributed by atoms with van der Waals surface area (Å²) < 4.78 is 5.34. The Balaban J connectivity index is 1.72. The molecule has 19 heavy (non-hydrogen) atoms. The van der Waals surface area contributed by atoms with Gasteiger partial charge >= 0.3 is 0 Å². The Bertz CT molecular complexity index is 415. The normalized spacial score (nSPS) is 21.7. The Morgan fingerprint density at radius 2 is 1.84 bits per heavy atom. The van der Waals surface area contributed by atoms with Crippen molar-refractivity contribution in [1.29, 1.82) is 0 Å². The van der Waals surface area contributed by atoms with Crippen LogP contribution in [0.15, 0.2) is 12.3 Å². The van der Waals surface area contributed by atoms with Crippen molar-refractivity contribution in [2.24, 2.45) is 0 Å². The van der Waals surface area contributed by atoms with E-state index in [0.29, 0.717) is 0 Å². The Morgan fingerprint density at radius 1 is 1.11 bits per heavy atom. The summed E-state index contributed by atoms with van der Waals surface area (Å²) in [6.45, 7) is 4.90. The second kappa shape index (κ2) is 5.71. The summed E-state index contributed by atoms with van der Waals surface area (Å²) in [5.74, 6) is 1.75. The van der Waals surface area contributed by atoms with Gasteiger partial charge in [-0.25, -0.2) is 4.98 Å². The third-order valence-electron chi connectivity index (χ3n) is 3.71. The first-order chi connectivity index (χ1) is 9.33. The van der Waals surface area contributed by atoms with E-state index < -0.39 is 0 Å². The van der Waals surface area contributed by atoms with Crippen LogP contribution in [-0.4, -0.2) is 60.6 Å².